The number of fused-ring (bicyclic) bond motifs is 12. The van der Waals surface area contributed by atoms with Gasteiger partial charge in [0.05, 0.1) is 22.1 Å². The molecule has 15 rings (SSSR count). The molecule has 326 valence electrons. The van der Waals surface area contributed by atoms with E-state index in [1.165, 1.54) is 10.8 Å². The van der Waals surface area contributed by atoms with E-state index in [2.05, 4.69) is 149 Å². The van der Waals surface area contributed by atoms with Crippen LogP contribution in [0.2, 0.25) is 0 Å². The molecule has 0 saturated heterocycles. The van der Waals surface area contributed by atoms with E-state index in [0.29, 0.717) is 17.5 Å². The Bertz CT molecular complexity index is 4510. The van der Waals surface area contributed by atoms with Gasteiger partial charge in [0.2, 0.25) is 0 Å². The first kappa shape index (κ1) is 38.5. The smallest absolute Gasteiger partial charge is 0.164 e. The van der Waals surface area contributed by atoms with Gasteiger partial charge >= 0.3 is 0 Å². The fraction of sp³-hybridized carbons (Fsp3) is 0. The van der Waals surface area contributed by atoms with Crippen LogP contribution in [0.1, 0.15) is 0 Å². The van der Waals surface area contributed by atoms with E-state index in [1.807, 2.05) is 84.9 Å². The number of benzene rings is 10. The van der Waals surface area contributed by atoms with Gasteiger partial charge in [0.1, 0.15) is 22.3 Å². The first-order chi connectivity index (χ1) is 34.7. The average molecular weight is 896 g/mol. The molecule has 10 aromatic carbocycles. The molecule has 0 N–H and O–H groups in total. The number of nitrogens with zero attached hydrogens (tertiary/aromatic N) is 5. The fourth-order valence-corrected chi connectivity index (χ4v) is 10.7. The number of hydrogen-bond acceptors (Lipinski definition) is 5. The number of rotatable bonds is 6. The average Bonchev–Trinajstić information content (AvgIpc) is 4.17. The van der Waals surface area contributed by atoms with Crippen molar-refractivity contribution >= 4 is 87.5 Å². The zero-order chi connectivity index (χ0) is 45.9. The van der Waals surface area contributed by atoms with Gasteiger partial charge in [0.15, 0.2) is 17.5 Å². The maximum atomic E-state index is 6.52. The van der Waals surface area contributed by atoms with Crippen molar-refractivity contribution in [3.05, 3.63) is 224 Å². The van der Waals surface area contributed by atoms with Crippen LogP contribution in [0, 0.1) is 0 Å². The van der Waals surface area contributed by atoms with E-state index in [0.717, 1.165) is 116 Å². The summed E-state index contributed by atoms with van der Waals surface area (Å²) in [5.74, 6) is 1.87. The Balaban J connectivity index is 0.911. The molecule has 7 heteroatoms. The van der Waals surface area contributed by atoms with Crippen molar-refractivity contribution in [2.75, 3.05) is 0 Å². The third kappa shape index (κ3) is 5.91. The summed E-state index contributed by atoms with van der Waals surface area (Å²) >= 11 is 0. The van der Waals surface area contributed by atoms with Gasteiger partial charge in [-0.3, -0.25) is 0 Å². The van der Waals surface area contributed by atoms with Crippen molar-refractivity contribution in [3.63, 3.8) is 0 Å². The van der Waals surface area contributed by atoms with Crippen LogP contribution in [0.25, 0.3) is 144 Å². The SMILES string of the molecule is c1ccc(-c2nc(-c3ccccc3)nc(-c3ccc(-n4c5ccc(-c6ccc7c(c6)c6cc8c(cc6n7-c6ccccc6)oc6ccccc68)cc5c5cc6c(cc54)oc4ccccc46)cc3)n2)cc1. The predicted octanol–water partition coefficient (Wildman–Crippen LogP) is 16.5. The standard InChI is InChI=1S/C63H37N5O2/c1-4-14-38(15-5-1)61-64-62(39-16-6-2-7-17-39)66-63(65-61)40-24-28-44(29-25-40)68-54-31-27-42(33-48(54)50-35-52-46-21-11-13-23-58(46)70-60(52)37-56(50)68)41-26-30-53-47(32-41)49-34-51-45-20-10-12-22-57(45)69-59(51)36-55(49)67(53)43-18-8-3-9-19-43/h1-37H. The lowest BCUT2D eigenvalue weighted by Gasteiger charge is -2.11. The van der Waals surface area contributed by atoms with Gasteiger partial charge in [-0.05, 0) is 96.1 Å². The summed E-state index contributed by atoms with van der Waals surface area (Å²) < 4.78 is 17.7. The Morgan fingerprint density at radius 1 is 0.243 bits per heavy atom. The van der Waals surface area contributed by atoms with E-state index in [1.54, 1.807) is 0 Å². The molecule has 0 aliphatic heterocycles. The van der Waals surface area contributed by atoms with Crippen LogP contribution in [-0.4, -0.2) is 24.1 Å². The molecule has 5 heterocycles. The number of hydrogen-bond donors (Lipinski definition) is 0. The molecule has 0 saturated carbocycles. The topological polar surface area (TPSA) is 74.8 Å². The summed E-state index contributed by atoms with van der Waals surface area (Å²) in [6.07, 6.45) is 0. The van der Waals surface area contributed by atoms with E-state index in [9.17, 15) is 0 Å². The molecular formula is C63H37N5O2. The maximum Gasteiger partial charge on any atom is 0.164 e. The van der Waals surface area contributed by atoms with Gasteiger partial charge in [-0.15, -0.1) is 0 Å². The molecule has 0 atom stereocenters. The van der Waals surface area contributed by atoms with Crippen molar-refractivity contribution < 1.29 is 8.83 Å². The van der Waals surface area contributed by atoms with Crippen LogP contribution in [0.5, 0.6) is 0 Å². The number of aromatic nitrogens is 5. The summed E-state index contributed by atoms with van der Waals surface area (Å²) in [5, 5.41) is 9.09. The minimum atomic E-state index is 0.612. The van der Waals surface area contributed by atoms with E-state index < -0.39 is 0 Å². The fourth-order valence-electron chi connectivity index (χ4n) is 10.7. The Morgan fingerprint density at radius 3 is 1.09 bits per heavy atom. The summed E-state index contributed by atoms with van der Waals surface area (Å²) in [4.78, 5) is 14.9. The molecule has 0 unspecified atom stereocenters. The third-order valence-electron chi connectivity index (χ3n) is 14.0. The van der Waals surface area contributed by atoms with Crippen LogP contribution in [0.4, 0.5) is 0 Å². The molecule has 5 aromatic heterocycles. The zero-order valence-electron chi connectivity index (χ0n) is 37.4. The molecule has 0 fully saturated rings. The summed E-state index contributed by atoms with van der Waals surface area (Å²) in [6, 6.07) is 78.7. The highest BCUT2D eigenvalue weighted by Gasteiger charge is 2.21. The molecule has 0 bridgehead atoms. The highest BCUT2D eigenvalue weighted by Crippen LogP contribution is 2.43. The summed E-state index contributed by atoms with van der Waals surface area (Å²) in [5.41, 5.74) is 15.1. The van der Waals surface area contributed by atoms with Crippen molar-refractivity contribution in [2.45, 2.75) is 0 Å². The lowest BCUT2D eigenvalue weighted by atomic mass is 10.00. The monoisotopic (exact) mass is 895 g/mol. The lowest BCUT2D eigenvalue weighted by molar-refractivity contribution is 0.669. The minimum absolute atomic E-state index is 0.612. The maximum absolute atomic E-state index is 6.52. The summed E-state index contributed by atoms with van der Waals surface area (Å²) in [6.45, 7) is 0. The minimum Gasteiger partial charge on any atom is -0.456 e. The van der Waals surface area contributed by atoms with Crippen molar-refractivity contribution in [1.29, 1.82) is 0 Å². The van der Waals surface area contributed by atoms with Gasteiger partial charge < -0.3 is 18.0 Å². The zero-order valence-corrected chi connectivity index (χ0v) is 37.4. The van der Waals surface area contributed by atoms with Crippen molar-refractivity contribution in [1.82, 2.24) is 24.1 Å². The van der Waals surface area contributed by atoms with Crippen molar-refractivity contribution in [2.24, 2.45) is 0 Å². The second kappa shape index (κ2) is 15.0. The lowest BCUT2D eigenvalue weighted by Crippen LogP contribution is -2.00. The van der Waals surface area contributed by atoms with Crippen LogP contribution >= 0.6 is 0 Å². The van der Waals surface area contributed by atoms with Gasteiger partial charge in [-0.1, -0.05) is 127 Å². The quantitative estimate of drug-likeness (QED) is 0.166. The van der Waals surface area contributed by atoms with Crippen LogP contribution in [0.3, 0.4) is 0 Å². The first-order valence-electron chi connectivity index (χ1n) is 23.5. The normalized spacial score (nSPS) is 12.0. The molecular weight excluding hydrogens is 859 g/mol. The molecule has 7 nitrogen and oxygen atoms in total. The Labute approximate surface area is 399 Å². The summed E-state index contributed by atoms with van der Waals surface area (Å²) in [7, 11) is 0. The Kier molecular flexibility index (Phi) is 8.23. The molecule has 0 amide bonds. The van der Waals surface area contributed by atoms with Crippen LogP contribution in [-0.2, 0) is 0 Å². The second-order valence-corrected chi connectivity index (χ2v) is 18.0. The van der Waals surface area contributed by atoms with E-state index in [-0.39, 0.29) is 0 Å². The number of para-hydroxylation sites is 3. The first-order valence-corrected chi connectivity index (χ1v) is 23.5. The van der Waals surface area contributed by atoms with Crippen LogP contribution < -0.4 is 0 Å². The van der Waals surface area contributed by atoms with Crippen molar-refractivity contribution in [3.8, 4) is 56.7 Å². The van der Waals surface area contributed by atoms with E-state index >= 15 is 0 Å². The largest absolute Gasteiger partial charge is 0.456 e. The van der Waals surface area contributed by atoms with Gasteiger partial charge in [0, 0.05) is 83.3 Å². The molecule has 70 heavy (non-hydrogen) atoms. The highest BCUT2D eigenvalue weighted by molar-refractivity contribution is 6.20. The Hall–Kier alpha value is -9.59. The molecule has 0 spiro atoms. The molecule has 15 aromatic rings. The Morgan fingerprint density at radius 2 is 0.614 bits per heavy atom. The third-order valence-corrected chi connectivity index (χ3v) is 14.0. The van der Waals surface area contributed by atoms with Gasteiger partial charge in [-0.25, -0.2) is 15.0 Å². The predicted molar refractivity (Wildman–Crippen MR) is 285 cm³/mol. The number of furan rings is 2. The molecule has 0 radical (unpaired) electrons. The second-order valence-electron chi connectivity index (χ2n) is 18.0. The van der Waals surface area contributed by atoms with E-state index in [4.69, 9.17) is 23.8 Å². The molecule has 0 aliphatic rings. The van der Waals surface area contributed by atoms with Crippen LogP contribution in [0.15, 0.2) is 233 Å². The molecule has 0 aliphatic carbocycles. The van der Waals surface area contributed by atoms with Gasteiger partial charge in [-0.2, -0.15) is 0 Å². The van der Waals surface area contributed by atoms with Gasteiger partial charge in [0.25, 0.3) is 0 Å². The highest BCUT2D eigenvalue weighted by atomic mass is 16.3.